The minimum atomic E-state index is -0.0311. The van der Waals surface area contributed by atoms with E-state index in [1.165, 1.54) is 0 Å². The molecule has 1 aromatic heterocycles. The number of hydrogen-bond acceptors (Lipinski definition) is 5. The molecule has 1 saturated carbocycles. The van der Waals surface area contributed by atoms with Gasteiger partial charge in [-0.15, -0.1) is 5.10 Å². The summed E-state index contributed by atoms with van der Waals surface area (Å²) in [5.41, 5.74) is 0.498. The molecule has 0 radical (unpaired) electrons. The lowest BCUT2D eigenvalue weighted by molar-refractivity contribution is -0.159. The Morgan fingerprint density at radius 2 is 2.04 bits per heavy atom. The molecule has 1 aliphatic carbocycles. The zero-order valence-electron chi connectivity index (χ0n) is 16.6. The molecule has 7 nitrogen and oxygen atoms in total. The molecule has 1 aliphatic heterocycles. The second-order valence-corrected chi connectivity index (χ2v) is 7.62. The van der Waals surface area contributed by atoms with Crippen molar-refractivity contribution >= 4 is 5.91 Å². The number of nitrogens with zero attached hydrogens (tertiary/aromatic N) is 4. The van der Waals surface area contributed by atoms with Gasteiger partial charge in [-0.05, 0) is 52.1 Å². The maximum Gasteiger partial charge on any atom is 0.276 e. The standard InChI is InChI=1S/C19H33N5O2/c1-5-19(6-2)16(12-17(19)26-7-3)23(4)18(25)15-13-24(22-21-15)14-8-10-20-11-9-14/h13-14,16-17,20H,5-12H2,1-4H3. The maximum atomic E-state index is 13.0. The number of ether oxygens (including phenoxy) is 1. The third-order valence-corrected chi connectivity index (χ3v) is 6.63. The summed E-state index contributed by atoms with van der Waals surface area (Å²) in [6.45, 7) is 9.15. The van der Waals surface area contributed by atoms with Crippen LogP contribution in [-0.2, 0) is 4.74 Å². The van der Waals surface area contributed by atoms with Crippen LogP contribution in [0, 0.1) is 5.41 Å². The Bertz CT molecular complexity index is 607. The largest absolute Gasteiger partial charge is 0.378 e. The van der Waals surface area contributed by atoms with Gasteiger partial charge in [-0.2, -0.15) is 0 Å². The second kappa shape index (κ2) is 8.05. The van der Waals surface area contributed by atoms with Crippen molar-refractivity contribution < 1.29 is 9.53 Å². The first-order chi connectivity index (χ1) is 12.6. The topological polar surface area (TPSA) is 72.3 Å². The molecule has 3 rings (SSSR count). The van der Waals surface area contributed by atoms with Crippen molar-refractivity contribution in [1.29, 1.82) is 0 Å². The van der Waals surface area contributed by atoms with Crippen LogP contribution in [0.4, 0.5) is 0 Å². The molecular weight excluding hydrogens is 330 g/mol. The Hall–Kier alpha value is -1.47. The highest BCUT2D eigenvalue weighted by molar-refractivity contribution is 5.92. The Morgan fingerprint density at radius 1 is 1.35 bits per heavy atom. The van der Waals surface area contributed by atoms with Gasteiger partial charge in [-0.3, -0.25) is 4.79 Å². The van der Waals surface area contributed by atoms with Gasteiger partial charge in [0.25, 0.3) is 5.91 Å². The summed E-state index contributed by atoms with van der Waals surface area (Å²) in [5, 5.41) is 11.8. The third-order valence-electron chi connectivity index (χ3n) is 6.63. The molecular formula is C19H33N5O2. The first-order valence-electron chi connectivity index (χ1n) is 10.1. The SMILES string of the molecule is CCOC1CC(N(C)C(=O)c2cn(C3CCNCC3)nn2)C1(CC)CC. The molecule has 26 heavy (non-hydrogen) atoms. The van der Waals surface area contributed by atoms with E-state index in [0.29, 0.717) is 11.7 Å². The monoisotopic (exact) mass is 363 g/mol. The fourth-order valence-electron chi connectivity index (χ4n) is 4.83. The van der Waals surface area contributed by atoms with Gasteiger partial charge < -0.3 is 15.0 Å². The van der Waals surface area contributed by atoms with E-state index in [1.807, 2.05) is 29.7 Å². The number of hydrogen-bond donors (Lipinski definition) is 1. The van der Waals surface area contributed by atoms with Gasteiger partial charge in [0.15, 0.2) is 5.69 Å². The van der Waals surface area contributed by atoms with Crippen molar-refractivity contribution in [2.45, 2.75) is 71.1 Å². The molecule has 1 amide bonds. The number of carbonyl (C=O) groups is 1. The highest BCUT2D eigenvalue weighted by atomic mass is 16.5. The molecule has 0 spiro atoms. The molecule has 1 aromatic rings. The number of piperidine rings is 1. The summed E-state index contributed by atoms with van der Waals surface area (Å²) in [5.74, 6) is -0.0311. The number of aromatic nitrogens is 3. The number of amides is 1. The van der Waals surface area contributed by atoms with E-state index in [0.717, 1.165) is 51.8 Å². The zero-order chi connectivity index (χ0) is 18.7. The van der Waals surface area contributed by atoms with Crippen molar-refractivity contribution in [3.05, 3.63) is 11.9 Å². The van der Waals surface area contributed by atoms with Crippen molar-refractivity contribution in [2.75, 3.05) is 26.7 Å². The van der Waals surface area contributed by atoms with E-state index < -0.39 is 0 Å². The average Bonchev–Trinajstić information content (AvgIpc) is 3.16. The zero-order valence-corrected chi connectivity index (χ0v) is 16.6. The molecule has 1 saturated heterocycles. The van der Waals surface area contributed by atoms with Gasteiger partial charge in [0.05, 0.1) is 18.3 Å². The molecule has 2 aliphatic rings. The Labute approximate surface area is 156 Å². The number of nitrogens with one attached hydrogen (secondary N) is 1. The van der Waals surface area contributed by atoms with Gasteiger partial charge in [-0.1, -0.05) is 19.1 Å². The van der Waals surface area contributed by atoms with Gasteiger partial charge in [0.2, 0.25) is 0 Å². The van der Waals surface area contributed by atoms with Crippen molar-refractivity contribution in [3.8, 4) is 0 Å². The molecule has 2 unspecified atom stereocenters. The molecule has 7 heteroatoms. The highest BCUT2D eigenvalue weighted by Crippen LogP contribution is 2.51. The summed E-state index contributed by atoms with van der Waals surface area (Å²) in [6, 6.07) is 0.539. The summed E-state index contributed by atoms with van der Waals surface area (Å²) >= 11 is 0. The summed E-state index contributed by atoms with van der Waals surface area (Å²) in [6.07, 6.45) is 7.05. The quantitative estimate of drug-likeness (QED) is 0.804. The van der Waals surface area contributed by atoms with Crippen LogP contribution < -0.4 is 5.32 Å². The van der Waals surface area contributed by atoms with Gasteiger partial charge in [0, 0.05) is 25.1 Å². The fourth-order valence-corrected chi connectivity index (χ4v) is 4.83. The van der Waals surface area contributed by atoms with E-state index in [4.69, 9.17) is 4.74 Å². The molecule has 146 valence electrons. The molecule has 2 atom stereocenters. The number of carbonyl (C=O) groups excluding carboxylic acids is 1. The Balaban J connectivity index is 1.70. The average molecular weight is 364 g/mol. The first kappa shape index (κ1) is 19.3. The Morgan fingerprint density at radius 3 is 2.65 bits per heavy atom. The van der Waals surface area contributed by atoms with Crippen LogP contribution in [0.3, 0.4) is 0 Å². The molecule has 2 heterocycles. The van der Waals surface area contributed by atoms with Crippen LogP contribution >= 0.6 is 0 Å². The van der Waals surface area contributed by atoms with Crippen molar-refractivity contribution in [3.63, 3.8) is 0 Å². The predicted octanol–water partition coefficient (Wildman–Crippen LogP) is 2.26. The predicted molar refractivity (Wildman–Crippen MR) is 100 cm³/mol. The first-order valence-corrected chi connectivity index (χ1v) is 10.1. The summed E-state index contributed by atoms with van der Waals surface area (Å²) in [4.78, 5) is 14.9. The number of rotatable bonds is 7. The van der Waals surface area contributed by atoms with Gasteiger partial charge in [0.1, 0.15) is 0 Å². The lowest BCUT2D eigenvalue weighted by Crippen LogP contribution is -2.64. The smallest absolute Gasteiger partial charge is 0.276 e. The van der Waals surface area contributed by atoms with Crippen LogP contribution in [0.1, 0.15) is 69.4 Å². The van der Waals surface area contributed by atoms with Crippen LogP contribution in [0.2, 0.25) is 0 Å². The summed E-state index contributed by atoms with van der Waals surface area (Å²) < 4.78 is 7.82. The highest BCUT2D eigenvalue weighted by Gasteiger charge is 2.56. The van der Waals surface area contributed by atoms with Crippen LogP contribution in [0.15, 0.2) is 6.20 Å². The lowest BCUT2D eigenvalue weighted by Gasteiger charge is -2.58. The maximum absolute atomic E-state index is 13.0. The lowest BCUT2D eigenvalue weighted by atomic mass is 9.58. The summed E-state index contributed by atoms with van der Waals surface area (Å²) in [7, 11) is 1.90. The third kappa shape index (κ3) is 3.27. The molecule has 0 bridgehead atoms. The van der Waals surface area contributed by atoms with Gasteiger partial charge in [-0.25, -0.2) is 4.68 Å². The van der Waals surface area contributed by atoms with Crippen LogP contribution in [0.5, 0.6) is 0 Å². The van der Waals surface area contributed by atoms with Crippen molar-refractivity contribution in [1.82, 2.24) is 25.2 Å². The normalized spacial score (nSPS) is 25.7. The minimum absolute atomic E-state index is 0.0311. The van der Waals surface area contributed by atoms with E-state index in [1.54, 1.807) is 0 Å². The van der Waals surface area contributed by atoms with E-state index in [-0.39, 0.29) is 23.5 Å². The van der Waals surface area contributed by atoms with Crippen molar-refractivity contribution in [2.24, 2.45) is 5.41 Å². The Kier molecular flexibility index (Phi) is 5.97. The second-order valence-electron chi connectivity index (χ2n) is 7.62. The molecule has 2 fully saturated rings. The minimum Gasteiger partial charge on any atom is -0.378 e. The molecule has 0 aromatic carbocycles. The fraction of sp³-hybridized carbons (Fsp3) is 0.842. The van der Waals surface area contributed by atoms with Crippen LogP contribution in [-0.4, -0.2) is 64.7 Å². The van der Waals surface area contributed by atoms with E-state index >= 15 is 0 Å². The van der Waals surface area contributed by atoms with E-state index in [9.17, 15) is 4.79 Å². The van der Waals surface area contributed by atoms with E-state index in [2.05, 4.69) is 29.5 Å². The van der Waals surface area contributed by atoms with Gasteiger partial charge >= 0.3 is 0 Å². The van der Waals surface area contributed by atoms with Crippen LogP contribution in [0.25, 0.3) is 0 Å². The molecule has 1 N–H and O–H groups in total.